The van der Waals surface area contributed by atoms with Crippen LogP contribution in [-0.2, 0) is 13.5 Å². The Kier molecular flexibility index (Phi) is 4.09. The minimum absolute atomic E-state index is 0.183. The van der Waals surface area contributed by atoms with E-state index in [9.17, 15) is 0 Å². The molecule has 2 aromatic heterocycles. The third-order valence-corrected chi connectivity index (χ3v) is 5.49. The highest BCUT2D eigenvalue weighted by atomic mass is 35.5. The van der Waals surface area contributed by atoms with Crippen LogP contribution < -0.4 is 5.32 Å². The first-order chi connectivity index (χ1) is 9.56. The normalized spacial score (nSPS) is 19.9. The molecule has 0 spiro atoms. The minimum Gasteiger partial charge on any atom is -0.303 e. The highest BCUT2D eigenvalue weighted by Crippen LogP contribution is 2.37. The molecule has 2 aromatic rings. The Balaban J connectivity index is 1.80. The molecule has 1 N–H and O–H groups in total. The van der Waals surface area contributed by atoms with Gasteiger partial charge in [0.05, 0.1) is 14.9 Å². The summed E-state index contributed by atoms with van der Waals surface area (Å²) in [4.78, 5) is 0. The molecule has 3 nitrogen and oxygen atoms in total. The second kappa shape index (κ2) is 5.68. The zero-order valence-corrected chi connectivity index (χ0v) is 13.8. The lowest BCUT2D eigenvalue weighted by Crippen LogP contribution is -2.27. The molecule has 6 heteroatoms. The van der Waals surface area contributed by atoms with Crippen molar-refractivity contribution in [2.24, 2.45) is 7.05 Å². The molecule has 20 heavy (non-hydrogen) atoms. The molecule has 0 saturated carbocycles. The van der Waals surface area contributed by atoms with E-state index in [0.717, 1.165) is 27.1 Å². The summed E-state index contributed by atoms with van der Waals surface area (Å²) in [6.45, 7) is 2.13. The minimum atomic E-state index is 0.183. The third kappa shape index (κ3) is 2.62. The van der Waals surface area contributed by atoms with Crippen LogP contribution in [0, 0.1) is 0 Å². The second-order valence-corrected chi connectivity index (χ2v) is 7.57. The Morgan fingerprint density at radius 1 is 1.50 bits per heavy atom. The largest absolute Gasteiger partial charge is 0.303 e. The molecule has 2 atom stereocenters. The molecule has 0 saturated heterocycles. The van der Waals surface area contributed by atoms with Gasteiger partial charge in [0.1, 0.15) is 0 Å². The first kappa shape index (κ1) is 14.4. The van der Waals surface area contributed by atoms with Gasteiger partial charge in [-0.3, -0.25) is 4.68 Å². The molecule has 0 aromatic carbocycles. The average Bonchev–Trinajstić information content (AvgIpc) is 2.94. The fourth-order valence-electron chi connectivity index (χ4n) is 2.92. The predicted molar refractivity (Wildman–Crippen MR) is 84.8 cm³/mol. The molecule has 2 heterocycles. The van der Waals surface area contributed by atoms with E-state index in [2.05, 4.69) is 17.3 Å². The lowest BCUT2D eigenvalue weighted by Gasteiger charge is -2.27. The summed E-state index contributed by atoms with van der Waals surface area (Å²) >= 11 is 13.7. The molecule has 2 unspecified atom stereocenters. The van der Waals surface area contributed by atoms with Crippen LogP contribution in [-0.4, -0.2) is 9.78 Å². The van der Waals surface area contributed by atoms with Crippen molar-refractivity contribution in [3.8, 4) is 0 Å². The fraction of sp³-hybridized carbons (Fsp3) is 0.500. The molecule has 1 aliphatic rings. The summed E-state index contributed by atoms with van der Waals surface area (Å²) in [6, 6.07) is 2.48. The van der Waals surface area contributed by atoms with Crippen LogP contribution >= 0.6 is 34.5 Å². The van der Waals surface area contributed by atoms with Gasteiger partial charge < -0.3 is 5.32 Å². The molecule has 0 fully saturated rings. The van der Waals surface area contributed by atoms with Gasteiger partial charge in [0.15, 0.2) is 0 Å². The molecule has 1 aliphatic carbocycles. The predicted octanol–water partition coefficient (Wildman–Crippen LogP) is 4.52. The zero-order valence-electron chi connectivity index (χ0n) is 11.5. The van der Waals surface area contributed by atoms with E-state index < -0.39 is 0 Å². The van der Waals surface area contributed by atoms with Gasteiger partial charge in [-0.2, -0.15) is 5.10 Å². The first-order valence-electron chi connectivity index (χ1n) is 6.78. The molecular formula is C14H17Cl2N3S. The summed E-state index contributed by atoms with van der Waals surface area (Å²) in [6.07, 6.45) is 5.43. The van der Waals surface area contributed by atoms with Crippen LogP contribution in [0.4, 0.5) is 0 Å². The van der Waals surface area contributed by atoms with Gasteiger partial charge in [0.2, 0.25) is 0 Å². The van der Waals surface area contributed by atoms with Gasteiger partial charge in [-0.15, -0.1) is 11.3 Å². The van der Waals surface area contributed by atoms with Crippen molar-refractivity contribution in [2.75, 3.05) is 0 Å². The molecule has 108 valence electrons. The zero-order chi connectivity index (χ0) is 14.3. The Morgan fingerprint density at radius 2 is 2.30 bits per heavy atom. The Bertz CT molecular complexity index is 620. The van der Waals surface area contributed by atoms with E-state index in [1.807, 2.05) is 24.0 Å². The molecule has 0 amide bonds. The Labute approximate surface area is 132 Å². The number of thiophene rings is 1. The number of aryl methyl sites for hydroxylation is 1. The summed E-state index contributed by atoms with van der Waals surface area (Å²) in [5.74, 6) is 0. The van der Waals surface area contributed by atoms with Crippen molar-refractivity contribution in [3.05, 3.63) is 37.8 Å². The van der Waals surface area contributed by atoms with Crippen molar-refractivity contribution in [1.82, 2.24) is 15.1 Å². The maximum Gasteiger partial charge on any atom is 0.0991 e. The van der Waals surface area contributed by atoms with E-state index in [1.54, 1.807) is 0 Å². The quantitative estimate of drug-likeness (QED) is 0.897. The van der Waals surface area contributed by atoms with Gasteiger partial charge in [-0.1, -0.05) is 23.2 Å². The summed E-state index contributed by atoms with van der Waals surface area (Å²) < 4.78 is 3.50. The van der Waals surface area contributed by atoms with E-state index in [4.69, 9.17) is 23.2 Å². The fourth-order valence-corrected chi connectivity index (χ4v) is 4.56. The van der Waals surface area contributed by atoms with Crippen molar-refractivity contribution in [1.29, 1.82) is 0 Å². The van der Waals surface area contributed by atoms with Gasteiger partial charge >= 0.3 is 0 Å². The SMILES string of the molecule is CC(NC1CCCc2c1cnn2C)c1cc(Cl)sc1Cl. The van der Waals surface area contributed by atoms with Crippen LogP contribution in [0.2, 0.25) is 8.67 Å². The van der Waals surface area contributed by atoms with E-state index in [1.165, 1.54) is 29.0 Å². The van der Waals surface area contributed by atoms with Crippen LogP contribution in [0.1, 0.15) is 48.7 Å². The van der Waals surface area contributed by atoms with E-state index in [-0.39, 0.29) is 6.04 Å². The third-order valence-electron chi connectivity index (χ3n) is 3.98. The highest BCUT2D eigenvalue weighted by molar-refractivity contribution is 7.20. The number of nitrogens with zero attached hydrogens (tertiary/aromatic N) is 2. The highest BCUT2D eigenvalue weighted by Gasteiger charge is 2.25. The second-order valence-electron chi connectivity index (χ2n) is 5.28. The number of hydrogen-bond acceptors (Lipinski definition) is 3. The number of nitrogens with one attached hydrogen (secondary N) is 1. The van der Waals surface area contributed by atoms with Crippen LogP contribution in [0.3, 0.4) is 0 Å². The van der Waals surface area contributed by atoms with Crippen molar-refractivity contribution < 1.29 is 0 Å². The van der Waals surface area contributed by atoms with Gasteiger partial charge in [0, 0.05) is 30.4 Å². The monoisotopic (exact) mass is 329 g/mol. The number of aromatic nitrogens is 2. The average molecular weight is 330 g/mol. The van der Waals surface area contributed by atoms with Crippen molar-refractivity contribution in [3.63, 3.8) is 0 Å². The summed E-state index contributed by atoms with van der Waals surface area (Å²) in [5, 5.41) is 8.05. The van der Waals surface area contributed by atoms with Gasteiger partial charge in [-0.25, -0.2) is 0 Å². The molecular weight excluding hydrogens is 313 g/mol. The molecule has 3 rings (SSSR count). The first-order valence-corrected chi connectivity index (χ1v) is 8.35. The standard InChI is InChI=1S/C14H17Cl2N3S/c1-8(9-6-13(15)20-14(9)16)18-11-4-3-5-12-10(11)7-17-19(12)2/h6-8,11,18H,3-5H2,1-2H3. The number of rotatable bonds is 3. The summed E-state index contributed by atoms with van der Waals surface area (Å²) in [7, 11) is 2.01. The van der Waals surface area contributed by atoms with Gasteiger partial charge in [0.25, 0.3) is 0 Å². The van der Waals surface area contributed by atoms with Crippen molar-refractivity contribution >= 4 is 34.5 Å². The van der Waals surface area contributed by atoms with Crippen LogP contribution in [0.15, 0.2) is 12.3 Å². The smallest absolute Gasteiger partial charge is 0.0991 e. The molecule has 0 bridgehead atoms. The maximum atomic E-state index is 6.24. The van der Waals surface area contributed by atoms with Gasteiger partial charge in [-0.05, 0) is 37.8 Å². The van der Waals surface area contributed by atoms with Crippen LogP contribution in [0.5, 0.6) is 0 Å². The van der Waals surface area contributed by atoms with E-state index >= 15 is 0 Å². The van der Waals surface area contributed by atoms with Crippen LogP contribution in [0.25, 0.3) is 0 Å². The molecule has 0 radical (unpaired) electrons. The lowest BCUT2D eigenvalue weighted by molar-refractivity contribution is 0.411. The Hall–Kier alpha value is -0.550. The Morgan fingerprint density at radius 3 is 3.00 bits per heavy atom. The number of halogens is 2. The summed E-state index contributed by atoms with van der Waals surface area (Å²) in [5.41, 5.74) is 3.75. The molecule has 0 aliphatic heterocycles. The lowest BCUT2D eigenvalue weighted by atomic mass is 9.92. The van der Waals surface area contributed by atoms with Crippen molar-refractivity contribution in [2.45, 2.75) is 38.3 Å². The maximum absolute atomic E-state index is 6.24. The van der Waals surface area contributed by atoms with E-state index in [0.29, 0.717) is 6.04 Å². The topological polar surface area (TPSA) is 29.9 Å². The number of fused-ring (bicyclic) bond motifs is 1. The number of hydrogen-bond donors (Lipinski definition) is 1.